The molecule has 9 heteroatoms. The molecule has 3 N–H and O–H groups in total. The van der Waals surface area contributed by atoms with Gasteiger partial charge in [-0.05, 0) is 46.1 Å². The molecule has 2 aromatic heterocycles. The third-order valence-electron chi connectivity index (χ3n) is 3.80. The Morgan fingerprint density at radius 3 is 2.81 bits per heavy atom. The van der Waals surface area contributed by atoms with Crippen molar-refractivity contribution < 1.29 is 4.79 Å². The molecule has 0 unspecified atom stereocenters. The number of nitrogens with two attached hydrogens (primary N) is 1. The molecule has 3 aromatic rings. The molecule has 7 nitrogen and oxygen atoms in total. The molecule has 0 spiro atoms. The molecular formula is C17H17BrN6OS. The van der Waals surface area contributed by atoms with E-state index in [1.807, 2.05) is 44.1 Å². The Kier molecular flexibility index (Phi) is 5.19. The van der Waals surface area contributed by atoms with Crippen LogP contribution in [0.4, 0.5) is 11.5 Å². The summed E-state index contributed by atoms with van der Waals surface area (Å²) < 4.78 is 0.951. The van der Waals surface area contributed by atoms with Crippen LogP contribution >= 0.6 is 27.3 Å². The highest BCUT2D eigenvalue weighted by atomic mass is 79.9. The molecule has 134 valence electrons. The summed E-state index contributed by atoms with van der Waals surface area (Å²) in [4.78, 5) is 23.8. The Morgan fingerprint density at radius 2 is 2.15 bits per heavy atom. The number of hydrazone groups is 1. The quantitative estimate of drug-likeness (QED) is 0.487. The van der Waals surface area contributed by atoms with Gasteiger partial charge in [-0.3, -0.25) is 4.79 Å². The summed E-state index contributed by atoms with van der Waals surface area (Å²) in [5, 5.41) is 4.77. The lowest BCUT2D eigenvalue weighted by Gasteiger charge is -2.14. The van der Waals surface area contributed by atoms with Crippen molar-refractivity contribution in [1.82, 2.24) is 15.4 Å². The zero-order valence-electron chi connectivity index (χ0n) is 14.4. The second-order valence-corrected chi connectivity index (χ2v) is 7.65. The predicted octanol–water partition coefficient (Wildman–Crippen LogP) is 3.17. The van der Waals surface area contributed by atoms with E-state index in [0.29, 0.717) is 15.5 Å². The molecule has 0 saturated carbocycles. The largest absolute Gasteiger partial charge is 0.383 e. The summed E-state index contributed by atoms with van der Waals surface area (Å²) in [7, 11) is 3.94. The van der Waals surface area contributed by atoms with Crippen molar-refractivity contribution in [3.63, 3.8) is 0 Å². The normalized spacial score (nSPS) is 11.2. The van der Waals surface area contributed by atoms with Crippen LogP contribution < -0.4 is 16.1 Å². The van der Waals surface area contributed by atoms with Gasteiger partial charge in [0.05, 0.1) is 22.2 Å². The summed E-state index contributed by atoms with van der Waals surface area (Å²) in [5.74, 6) is 0.0715. The molecule has 0 aliphatic rings. The molecular weight excluding hydrogens is 416 g/mol. The van der Waals surface area contributed by atoms with Crippen molar-refractivity contribution in [2.24, 2.45) is 5.10 Å². The predicted molar refractivity (Wildman–Crippen MR) is 110 cm³/mol. The van der Waals surface area contributed by atoms with E-state index >= 15 is 0 Å². The number of nitrogens with zero attached hydrogens (tertiary/aromatic N) is 4. The fourth-order valence-corrected chi connectivity index (χ4v) is 4.30. The highest BCUT2D eigenvalue weighted by Gasteiger charge is 2.18. The number of amides is 1. The maximum Gasteiger partial charge on any atom is 0.281 e. The van der Waals surface area contributed by atoms with E-state index in [4.69, 9.17) is 5.73 Å². The minimum absolute atomic E-state index is 0.301. The van der Waals surface area contributed by atoms with Gasteiger partial charge < -0.3 is 10.6 Å². The Hall–Kier alpha value is -2.52. The van der Waals surface area contributed by atoms with Gasteiger partial charge in [-0.15, -0.1) is 11.3 Å². The third kappa shape index (κ3) is 3.54. The number of hydrogen-bond acceptors (Lipinski definition) is 7. The summed E-state index contributed by atoms with van der Waals surface area (Å²) in [6.45, 7) is 1.83. The first-order valence-corrected chi connectivity index (χ1v) is 9.29. The van der Waals surface area contributed by atoms with Gasteiger partial charge >= 0.3 is 0 Å². The van der Waals surface area contributed by atoms with Crippen molar-refractivity contribution in [3.05, 3.63) is 45.0 Å². The monoisotopic (exact) mass is 432 g/mol. The molecule has 0 aliphatic carbocycles. The number of halogens is 1. The van der Waals surface area contributed by atoms with E-state index in [-0.39, 0.29) is 5.91 Å². The number of carbonyl (C=O) groups excluding carboxylic acids is 1. The summed E-state index contributed by atoms with van der Waals surface area (Å²) in [5.41, 5.74) is 11.1. The number of nitrogens with one attached hydrogen (secondary N) is 1. The SMILES string of the molecule is Cc1c(C(=O)NN=Cc2ccc(N(C)C)c(Br)c2)sc2ncnc(N)c12. The standard InChI is InChI=1S/C17H17BrN6OS/c1-9-13-15(19)20-8-21-17(13)26-14(9)16(25)23-22-7-10-4-5-12(24(2)3)11(18)6-10/h4-8H,1-3H3,(H,23,25)(H2,19,20,21). The zero-order chi connectivity index (χ0) is 18.8. The second-order valence-electron chi connectivity index (χ2n) is 5.80. The molecule has 0 bridgehead atoms. The molecule has 0 fully saturated rings. The smallest absolute Gasteiger partial charge is 0.281 e. The molecule has 0 atom stereocenters. The van der Waals surface area contributed by atoms with Gasteiger partial charge in [-0.25, -0.2) is 15.4 Å². The molecule has 0 aliphatic heterocycles. The number of nitrogen functional groups attached to an aromatic ring is 1. The fraction of sp³-hybridized carbons (Fsp3) is 0.176. The van der Waals surface area contributed by atoms with Crippen LogP contribution in [0.1, 0.15) is 20.8 Å². The topological polar surface area (TPSA) is 96.5 Å². The number of aromatic nitrogens is 2. The van der Waals surface area contributed by atoms with E-state index in [0.717, 1.165) is 26.7 Å². The first kappa shape index (κ1) is 18.3. The van der Waals surface area contributed by atoms with Crippen molar-refractivity contribution in [1.29, 1.82) is 0 Å². The number of carbonyl (C=O) groups is 1. The van der Waals surface area contributed by atoms with Gasteiger partial charge in [0.1, 0.15) is 17.0 Å². The van der Waals surface area contributed by atoms with Crippen LogP contribution in [-0.2, 0) is 0 Å². The van der Waals surface area contributed by atoms with Gasteiger partial charge in [0.15, 0.2) is 0 Å². The van der Waals surface area contributed by atoms with Gasteiger partial charge in [-0.2, -0.15) is 5.10 Å². The van der Waals surface area contributed by atoms with Crippen molar-refractivity contribution in [2.75, 3.05) is 24.7 Å². The zero-order valence-corrected chi connectivity index (χ0v) is 16.8. The molecule has 1 aromatic carbocycles. The van der Waals surface area contributed by atoms with E-state index < -0.39 is 0 Å². The molecule has 26 heavy (non-hydrogen) atoms. The van der Waals surface area contributed by atoms with Crippen LogP contribution in [0.15, 0.2) is 34.1 Å². The van der Waals surface area contributed by atoms with E-state index in [1.54, 1.807) is 6.21 Å². The Morgan fingerprint density at radius 1 is 1.38 bits per heavy atom. The average Bonchev–Trinajstić information content (AvgIpc) is 2.93. The molecule has 0 radical (unpaired) electrons. The van der Waals surface area contributed by atoms with E-state index in [1.165, 1.54) is 17.7 Å². The molecule has 2 heterocycles. The molecule has 0 saturated heterocycles. The first-order valence-electron chi connectivity index (χ1n) is 7.68. The summed E-state index contributed by atoms with van der Waals surface area (Å²) in [6, 6.07) is 5.84. The van der Waals surface area contributed by atoms with Crippen LogP contribution in [-0.4, -0.2) is 36.2 Å². The highest BCUT2D eigenvalue weighted by molar-refractivity contribution is 9.10. The summed E-state index contributed by atoms with van der Waals surface area (Å²) in [6.07, 6.45) is 2.99. The maximum absolute atomic E-state index is 12.4. The number of hydrogen-bond donors (Lipinski definition) is 2. The number of aryl methyl sites for hydroxylation is 1. The Bertz CT molecular complexity index is 1010. The van der Waals surface area contributed by atoms with Crippen LogP contribution in [0.5, 0.6) is 0 Å². The first-order chi connectivity index (χ1) is 12.4. The van der Waals surface area contributed by atoms with Crippen molar-refractivity contribution in [3.8, 4) is 0 Å². The van der Waals surface area contributed by atoms with Gasteiger partial charge in [0, 0.05) is 18.6 Å². The lowest BCUT2D eigenvalue weighted by molar-refractivity contribution is 0.0958. The van der Waals surface area contributed by atoms with Crippen LogP contribution in [0.25, 0.3) is 10.2 Å². The number of fused-ring (bicyclic) bond motifs is 1. The molecule has 1 amide bonds. The number of rotatable bonds is 4. The van der Waals surface area contributed by atoms with E-state index in [2.05, 4.69) is 36.4 Å². The fourth-order valence-electron chi connectivity index (χ4n) is 2.50. The molecule has 3 rings (SSSR count). The third-order valence-corrected chi connectivity index (χ3v) is 5.63. The average molecular weight is 433 g/mol. The highest BCUT2D eigenvalue weighted by Crippen LogP contribution is 2.31. The lowest BCUT2D eigenvalue weighted by atomic mass is 10.2. The van der Waals surface area contributed by atoms with Crippen LogP contribution in [0, 0.1) is 6.92 Å². The minimum atomic E-state index is -0.301. The number of thiophene rings is 1. The van der Waals surface area contributed by atoms with E-state index in [9.17, 15) is 4.79 Å². The van der Waals surface area contributed by atoms with Crippen LogP contribution in [0.2, 0.25) is 0 Å². The van der Waals surface area contributed by atoms with Gasteiger partial charge in [0.25, 0.3) is 5.91 Å². The van der Waals surface area contributed by atoms with Crippen molar-refractivity contribution in [2.45, 2.75) is 6.92 Å². The number of anilines is 2. The number of benzene rings is 1. The Labute approximate surface area is 163 Å². The minimum Gasteiger partial charge on any atom is -0.383 e. The van der Waals surface area contributed by atoms with Crippen molar-refractivity contribution >= 4 is 61.1 Å². The van der Waals surface area contributed by atoms with Gasteiger partial charge in [0.2, 0.25) is 0 Å². The Balaban J connectivity index is 1.77. The lowest BCUT2D eigenvalue weighted by Crippen LogP contribution is -2.17. The summed E-state index contributed by atoms with van der Waals surface area (Å²) >= 11 is 4.80. The second kappa shape index (κ2) is 7.38. The van der Waals surface area contributed by atoms with Crippen LogP contribution in [0.3, 0.4) is 0 Å². The van der Waals surface area contributed by atoms with Gasteiger partial charge in [-0.1, -0.05) is 6.07 Å². The maximum atomic E-state index is 12.4.